The first-order valence-corrected chi connectivity index (χ1v) is 12.3. The van der Waals surface area contributed by atoms with Crippen LogP contribution in [-0.2, 0) is 0 Å². The lowest BCUT2D eigenvalue weighted by atomic mass is 9.84. The summed E-state index contributed by atoms with van der Waals surface area (Å²) in [6.07, 6.45) is 10.8. The molecule has 0 spiro atoms. The minimum Gasteiger partial charge on any atom is -0.354 e. The molecule has 4 heterocycles. The molecule has 0 aromatic carbocycles. The summed E-state index contributed by atoms with van der Waals surface area (Å²) in [5, 5.41) is 3.85. The van der Waals surface area contributed by atoms with Crippen LogP contribution in [0.5, 0.6) is 0 Å². The molecule has 1 N–H and O–H groups in total. The molecule has 7 heteroatoms. The van der Waals surface area contributed by atoms with Crippen LogP contribution in [-0.4, -0.2) is 111 Å². The van der Waals surface area contributed by atoms with E-state index in [1.165, 1.54) is 104 Å². The van der Waals surface area contributed by atoms with Crippen LogP contribution in [0.1, 0.15) is 51.4 Å². The third-order valence-electron chi connectivity index (χ3n) is 8.03. The van der Waals surface area contributed by atoms with E-state index >= 15 is 0 Å². The van der Waals surface area contributed by atoms with E-state index in [1.54, 1.807) is 0 Å². The van der Waals surface area contributed by atoms with Gasteiger partial charge in [0.2, 0.25) is 0 Å². The van der Waals surface area contributed by atoms with Crippen molar-refractivity contribution in [2.45, 2.75) is 56.9 Å². The van der Waals surface area contributed by atoms with Crippen LogP contribution in [0.3, 0.4) is 0 Å². The summed E-state index contributed by atoms with van der Waals surface area (Å²) in [6.45, 7) is 12.3. The highest BCUT2D eigenvalue weighted by Gasteiger charge is 2.40. The van der Waals surface area contributed by atoms with Crippen LogP contribution in [0.2, 0.25) is 0 Å². The summed E-state index contributed by atoms with van der Waals surface area (Å²) in [4.78, 5) is 15.2. The number of rotatable bonds is 5. The van der Waals surface area contributed by atoms with Crippen LogP contribution < -0.4 is 5.32 Å². The maximum atomic E-state index is 4.70. The van der Waals surface area contributed by atoms with Gasteiger partial charge in [0, 0.05) is 38.8 Å². The Labute approximate surface area is 201 Å². The summed E-state index contributed by atoms with van der Waals surface area (Å²) < 4.78 is 0. The lowest BCUT2D eigenvalue weighted by Gasteiger charge is -2.50. The van der Waals surface area contributed by atoms with Crippen LogP contribution in [0.4, 0.5) is 0 Å². The van der Waals surface area contributed by atoms with Crippen molar-refractivity contribution >= 4 is 29.9 Å². The van der Waals surface area contributed by atoms with E-state index in [2.05, 4.69) is 32.0 Å². The highest BCUT2D eigenvalue weighted by Crippen LogP contribution is 2.31. The number of guanidine groups is 1. The average molecular weight is 533 g/mol. The predicted octanol–water partition coefficient (Wildman–Crippen LogP) is 2.55. The number of aliphatic imine (C=N–C) groups is 1. The molecule has 4 fully saturated rings. The molecule has 4 aliphatic heterocycles. The lowest BCUT2D eigenvalue weighted by Crippen LogP contribution is -2.62. The molecule has 4 aliphatic rings. The number of nitrogens with one attached hydrogen (secondary N) is 1. The summed E-state index contributed by atoms with van der Waals surface area (Å²) in [5.41, 5.74) is 0.317. The molecular weight excluding hydrogens is 487 g/mol. The summed E-state index contributed by atoms with van der Waals surface area (Å²) >= 11 is 0. The SMILES string of the molecule is CN=C(NCC1(N2CCCCC2)CCN(C)CC1)N1CCC(CN2CCCC2)C1.I. The smallest absolute Gasteiger partial charge is 0.193 e. The largest absolute Gasteiger partial charge is 0.354 e. The van der Waals surface area contributed by atoms with Gasteiger partial charge in [0.15, 0.2) is 5.96 Å². The molecule has 174 valence electrons. The Morgan fingerprint density at radius 3 is 2.27 bits per heavy atom. The monoisotopic (exact) mass is 532 g/mol. The van der Waals surface area contributed by atoms with Crippen LogP contribution in [0, 0.1) is 5.92 Å². The van der Waals surface area contributed by atoms with E-state index in [4.69, 9.17) is 4.99 Å². The lowest BCUT2D eigenvalue weighted by molar-refractivity contribution is 0.0170. The quantitative estimate of drug-likeness (QED) is 0.335. The fraction of sp³-hybridized carbons (Fsp3) is 0.957. The fourth-order valence-corrected chi connectivity index (χ4v) is 6.09. The minimum atomic E-state index is 0. The minimum absolute atomic E-state index is 0. The van der Waals surface area contributed by atoms with Crippen molar-refractivity contribution in [2.75, 3.05) is 79.5 Å². The van der Waals surface area contributed by atoms with Crippen molar-refractivity contribution in [3.05, 3.63) is 0 Å². The first kappa shape index (κ1) is 24.5. The molecule has 0 aromatic rings. The molecule has 0 radical (unpaired) electrons. The highest BCUT2D eigenvalue weighted by atomic mass is 127. The Hall–Kier alpha value is -0.120. The molecule has 1 unspecified atom stereocenters. The molecule has 1 atom stereocenters. The van der Waals surface area contributed by atoms with Crippen LogP contribution in [0.25, 0.3) is 0 Å². The highest BCUT2D eigenvalue weighted by molar-refractivity contribution is 14.0. The standard InChI is InChI=1S/C23H44N6.HI/c1-24-22(28-15-8-21(19-28)18-27-11-6-7-12-27)25-20-23(9-16-26(2)17-10-23)29-13-4-3-5-14-29;/h21H,3-20H2,1-2H3,(H,24,25);1H. The second-order valence-corrected chi connectivity index (χ2v) is 10.1. The van der Waals surface area contributed by atoms with E-state index in [0.29, 0.717) is 5.54 Å². The molecular formula is C23H45IN6. The zero-order valence-corrected chi connectivity index (χ0v) is 21.8. The Morgan fingerprint density at radius 2 is 1.60 bits per heavy atom. The van der Waals surface area contributed by atoms with Crippen molar-refractivity contribution in [3.8, 4) is 0 Å². The molecule has 0 aromatic heterocycles. The average Bonchev–Trinajstić information content (AvgIpc) is 3.44. The third-order valence-corrected chi connectivity index (χ3v) is 8.03. The van der Waals surface area contributed by atoms with Gasteiger partial charge in [0.1, 0.15) is 0 Å². The summed E-state index contributed by atoms with van der Waals surface area (Å²) in [6, 6.07) is 0. The number of hydrogen-bond donors (Lipinski definition) is 1. The first-order valence-electron chi connectivity index (χ1n) is 12.3. The van der Waals surface area contributed by atoms with Gasteiger partial charge < -0.3 is 20.0 Å². The van der Waals surface area contributed by atoms with Gasteiger partial charge >= 0.3 is 0 Å². The van der Waals surface area contributed by atoms with Gasteiger partial charge in [-0.05, 0) is 97.2 Å². The number of halogens is 1. The Balaban J connectivity index is 0.00000256. The van der Waals surface area contributed by atoms with E-state index in [0.717, 1.165) is 25.0 Å². The van der Waals surface area contributed by atoms with Crippen LogP contribution >= 0.6 is 24.0 Å². The van der Waals surface area contributed by atoms with Gasteiger partial charge in [0.05, 0.1) is 0 Å². The van der Waals surface area contributed by atoms with Crippen molar-refractivity contribution in [2.24, 2.45) is 10.9 Å². The molecule has 4 rings (SSSR count). The van der Waals surface area contributed by atoms with Gasteiger partial charge in [-0.1, -0.05) is 6.42 Å². The van der Waals surface area contributed by atoms with Crippen molar-refractivity contribution in [1.29, 1.82) is 0 Å². The summed E-state index contributed by atoms with van der Waals surface area (Å²) in [5.74, 6) is 1.95. The Bertz CT molecular complexity index is 536. The Morgan fingerprint density at radius 1 is 0.933 bits per heavy atom. The van der Waals surface area contributed by atoms with Gasteiger partial charge in [0.25, 0.3) is 0 Å². The number of piperidine rings is 2. The fourth-order valence-electron chi connectivity index (χ4n) is 6.09. The van der Waals surface area contributed by atoms with Gasteiger partial charge in [-0.2, -0.15) is 0 Å². The summed E-state index contributed by atoms with van der Waals surface area (Å²) in [7, 11) is 4.25. The zero-order valence-electron chi connectivity index (χ0n) is 19.4. The molecule has 0 saturated carbocycles. The maximum Gasteiger partial charge on any atom is 0.193 e. The van der Waals surface area contributed by atoms with Crippen molar-refractivity contribution in [1.82, 2.24) is 24.9 Å². The predicted molar refractivity (Wildman–Crippen MR) is 137 cm³/mol. The van der Waals surface area contributed by atoms with Gasteiger partial charge in [-0.3, -0.25) is 9.89 Å². The molecule has 0 amide bonds. The number of likely N-dealkylation sites (tertiary alicyclic amines) is 4. The second kappa shape index (κ2) is 11.7. The van der Waals surface area contributed by atoms with Gasteiger partial charge in [-0.15, -0.1) is 24.0 Å². The Kier molecular flexibility index (Phi) is 9.53. The maximum absolute atomic E-state index is 4.70. The zero-order chi connectivity index (χ0) is 20.1. The van der Waals surface area contributed by atoms with Crippen molar-refractivity contribution < 1.29 is 0 Å². The third kappa shape index (κ3) is 6.01. The van der Waals surface area contributed by atoms with Gasteiger partial charge in [-0.25, -0.2) is 0 Å². The van der Waals surface area contributed by atoms with E-state index in [1.807, 2.05) is 7.05 Å². The van der Waals surface area contributed by atoms with Crippen LogP contribution in [0.15, 0.2) is 4.99 Å². The molecule has 30 heavy (non-hydrogen) atoms. The topological polar surface area (TPSA) is 37.4 Å². The molecule has 6 nitrogen and oxygen atoms in total. The van der Waals surface area contributed by atoms with E-state index < -0.39 is 0 Å². The van der Waals surface area contributed by atoms with E-state index in [9.17, 15) is 0 Å². The normalized spacial score (nSPS) is 29.2. The molecule has 0 bridgehead atoms. The molecule has 4 saturated heterocycles. The van der Waals surface area contributed by atoms with Crippen molar-refractivity contribution in [3.63, 3.8) is 0 Å². The van der Waals surface area contributed by atoms with E-state index in [-0.39, 0.29) is 24.0 Å². The second-order valence-electron chi connectivity index (χ2n) is 10.1. The number of nitrogens with zero attached hydrogens (tertiary/aromatic N) is 5. The number of hydrogen-bond acceptors (Lipinski definition) is 4. The first-order chi connectivity index (χ1) is 14.2. The molecule has 0 aliphatic carbocycles.